The molecular formula is C20H17ClN4O5. The Morgan fingerprint density at radius 1 is 1.17 bits per heavy atom. The summed E-state index contributed by atoms with van der Waals surface area (Å²) in [6, 6.07) is 12.2. The maximum atomic E-state index is 12.7. The maximum Gasteiger partial charge on any atom is 0.338 e. The summed E-state index contributed by atoms with van der Waals surface area (Å²) in [7, 11) is 0. The second-order valence-electron chi connectivity index (χ2n) is 6.20. The largest absolute Gasteiger partial charge is 0.462 e. The molecule has 3 rings (SSSR count). The minimum atomic E-state index is -0.747. The Kier molecular flexibility index (Phi) is 6.43. The van der Waals surface area contributed by atoms with Crippen LogP contribution >= 0.6 is 11.6 Å². The topological polar surface area (TPSA) is 116 Å². The molecular weight excluding hydrogens is 412 g/mol. The lowest BCUT2D eigenvalue weighted by Gasteiger charge is -2.10. The van der Waals surface area contributed by atoms with Crippen molar-refractivity contribution in [2.24, 2.45) is 0 Å². The molecule has 0 saturated carbocycles. The number of carbonyl (C=O) groups excluding carboxylic acids is 2. The molecule has 2 aromatic carbocycles. The molecule has 1 aromatic heterocycles. The van der Waals surface area contributed by atoms with E-state index in [2.05, 4.69) is 10.4 Å². The Bertz CT molecular complexity index is 1090. The van der Waals surface area contributed by atoms with Crippen molar-refractivity contribution in [3.63, 3.8) is 0 Å². The van der Waals surface area contributed by atoms with E-state index in [1.807, 2.05) is 12.1 Å². The molecule has 0 radical (unpaired) electrons. The first kappa shape index (κ1) is 21.0. The molecule has 0 atom stereocenters. The lowest BCUT2D eigenvalue weighted by Crippen LogP contribution is -2.17. The average Bonchev–Trinajstić information content (AvgIpc) is 3.16. The zero-order valence-corrected chi connectivity index (χ0v) is 16.6. The highest BCUT2D eigenvalue weighted by Gasteiger charge is 2.19. The molecule has 0 saturated heterocycles. The van der Waals surface area contributed by atoms with Crippen LogP contribution in [0, 0.1) is 10.1 Å². The monoisotopic (exact) mass is 428 g/mol. The van der Waals surface area contributed by atoms with Gasteiger partial charge in [0.2, 0.25) is 0 Å². The molecule has 0 aliphatic heterocycles. The first-order valence-corrected chi connectivity index (χ1v) is 9.29. The Balaban J connectivity index is 1.84. The van der Waals surface area contributed by atoms with Gasteiger partial charge in [0, 0.05) is 28.8 Å². The van der Waals surface area contributed by atoms with Crippen molar-refractivity contribution in [1.82, 2.24) is 9.78 Å². The van der Waals surface area contributed by atoms with Gasteiger partial charge < -0.3 is 10.1 Å². The lowest BCUT2D eigenvalue weighted by molar-refractivity contribution is -0.384. The summed E-state index contributed by atoms with van der Waals surface area (Å²) in [5, 5.41) is 18.7. The van der Waals surface area contributed by atoms with E-state index >= 15 is 0 Å². The smallest absolute Gasteiger partial charge is 0.338 e. The molecule has 0 aliphatic carbocycles. The van der Waals surface area contributed by atoms with Gasteiger partial charge in [0.1, 0.15) is 5.82 Å². The van der Waals surface area contributed by atoms with E-state index in [0.29, 0.717) is 17.4 Å². The highest BCUT2D eigenvalue weighted by atomic mass is 35.5. The van der Waals surface area contributed by atoms with Gasteiger partial charge in [-0.25, -0.2) is 9.48 Å². The van der Waals surface area contributed by atoms with Crippen molar-refractivity contribution >= 4 is 35.0 Å². The number of nitrogens with one attached hydrogen (secondary N) is 1. The van der Waals surface area contributed by atoms with Crippen LogP contribution in [0.4, 0.5) is 11.5 Å². The first-order chi connectivity index (χ1) is 14.4. The van der Waals surface area contributed by atoms with E-state index in [4.69, 9.17) is 16.3 Å². The fourth-order valence-electron chi connectivity index (χ4n) is 2.70. The van der Waals surface area contributed by atoms with Crippen molar-refractivity contribution in [3.8, 4) is 0 Å². The molecule has 0 bridgehead atoms. The van der Waals surface area contributed by atoms with Gasteiger partial charge in [-0.05, 0) is 30.7 Å². The number of benzene rings is 2. The minimum absolute atomic E-state index is 0.0495. The predicted octanol–water partition coefficient (Wildman–Crippen LogP) is 3.92. The van der Waals surface area contributed by atoms with Crippen LogP contribution in [0.25, 0.3) is 0 Å². The number of nitro groups is 1. The predicted molar refractivity (Wildman–Crippen MR) is 110 cm³/mol. The first-order valence-electron chi connectivity index (χ1n) is 8.91. The number of carbonyl (C=O) groups is 2. The number of anilines is 1. The number of halogens is 1. The Morgan fingerprint density at radius 2 is 1.87 bits per heavy atom. The Morgan fingerprint density at radius 3 is 2.53 bits per heavy atom. The van der Waals surface area contributed by atoms with Crippen LogP contribution in [0.2, 0.25) is 5.02 Å². The molecule has 0 spiro atoms. The number of rotatable bonds is 7. The molecule has 0 unspecified atom stereocenters. The molecule has 30 heavy (non-hydrogen) atoms. The van der Waals surface area contributed by atoms with Gasteiger partial charge in [-0.3, -0.25) is 14.9 Å². The average molecular weight is 429 g/mol. The summed E-state index contributed by atoms with van der Waals surface area (Å²) in [5.41, 5.74) is 0.399. The van der Waals surface area contributed by atoms with Gasteiger partial charge in [-0.15, -0.1) is 0 Å². The highest BCUT2D eigenvalue weighted by Crippen LogP contribution is 2.20. The summed E-state index contributed by atoms with van der Waals surface area (Å²) >= 11 is 5.89. The number of nitro benzene ring substituents is 1. The van der Waals surface area contributed by atoms with Crippen LogP contribution in [0.15, 0.2) is 54.7 Å². The van der Waals surface area contributed by atoms with Crippen molar-refractivity contribution in [2.75, 3.05) is 11.9 Å². The SMILES string of the molecule is CCOC(=O)c1cc(C(=O)Nc2ccnn2Cc2ccc(Cl)cc2)cc([N+](=O)[O-])c1. The molecule has 0 aliphatic rings. The summed E-state index contributed by atoms with van der Waals surface area (Å²) in [6.45, 7) is 2.10. The third-order valence-corrected chi connectivity index (χ3v) is 4.36. The van der Waals surface area contributed by atoms with Crippen LogP contribution in [-0.4, -0.2) is 33.2 Å². The number of hydrogen-bond acceptors (Lipinski definition) is 6. The van der Waals surface area contributed by atoms with Gasteiger partial charge in [0.05, 0.1) is 29.8 Å². The van der Waals surface area contributed by atoms with E-state index in [9.17, 15) is 19.7 Å². The van der Waals surface area contributed by atoms with E-state index < -0.39 is 16.8 Å². The summed E-state index contributed by atoms with van der Waals surface area (Å²) in [4.78, 5) is 35.2. The van der Waals surface area contributed by atoms with Crippen molar-refractivity contribution in [1.29, 1.82) is 0 Å². The van der Waals surface area contributed by atoms with Gasteiger partial charge in [0.15, 0.2) is 0 Å². The second kappa shape index (κ2) is 9.19. The van der Waals surface area contributed by atoms with Crippen LogP contribution in [0.1, 0.15) is 33.2 Å². The van der Waals surface area contributed by atoms with E-state index in [-0.39, 0.29) is 23.4 Å². The van der Waals surface area contributed by atoms with Gasteiger partial charge in [-0.2, -0.15) is 5.10 Å². The van der Waals surface area contributed by atoms with E-state index in [0.717, 1.165) is 17.7 Å². The Labute approximate surface area is 176 Å². The van der Waals surface area contributed by atoms with Gasteiger partial charge in [0.25, 0.3) is 11.6 Å². The molecule has 3 aromatic rings. The number of ether oxygens (including phenoxy) is 1. The number of esters is 1. The fourth-order valence-corrected chi connectivity index (χ4v) is 2.82. The zero-order chi connectivity index (χ0) is 21.7. The normalized spacial score (nSPS) is 10.5. The number of nitrogens with zero attached hydrogens (tertiary/aromatic N) is 3. The standard InChI is InChI=1S/C20H17ClN4O5/c1-2-30-20(27)15-9-14(10-17(11-15)25(28)29)19(26)23-18-7-8-22-24(18)12-13-3-5-16(21)6-4-13/h3-11H,2,12H2,1H3,(H,23,26). The van der Waals surface area contributed by atoms with Crippen LogP contribution in [0.3, 0.4) is 0 Å². The zero-order valence-electron chi connectivity index (χ0n) is 15.9. The molecule has 10 heteroatoms. The molecule has 0 fully saturated rings. The molecule has 1 amide bonds. The molecule has 1 N–H and O–H groups in total. The highest BCUT2D eigenvalue weighted by molar-refractivity contribution is 6.30. The quantitative estimate of drug-likeness (QED) is 0.346. The van der Waals surface area contributed by atoms with Gasteiger partial charge >= 0.3 is 5.97 Å². The lowest BCUT2D eigenvalue weighted by atomic mass is 10.1. The fraction of sp³-hybridized carbons (Fsp3) is 0.150. The summed E-state index contributed by atoms with van der Waals surface area (Å²) in [6.07, 6.45) is 1.52. The van der Waals surface area contributed by atoms with Crippen LogP contribution in [0.5, 0.6) is 0 Å². The minimum Gasteiger partial charge on any atom is -0.462 e. The molecule has 9 nitrogen and oxygen atoms in total. The Hall–Kier alpha value is -3.72. The third-order valence-electron chi connectivity index (χ3n) is 4.11. The second-order valence-corrected chi connectivity index (χ2v) is 6.64. The number of aromatic nitrogens is 2. The van der Waals surface area contributed by atoms with Crippen molar-refractivity contribution in [3.05, 3.63) is 86.6 Å². The van der Waals surface area contributed by atoms with Crippen molar-refractivity contribution < 1.29 is 19.2 Å². The number of hydrogen-bond donors (Lipinski definition) is 1. The van der Waals surface area contributed by atoms with Crippen molar-refractivity contribution in [2.45, 2.75) is 13.5 Å². The summed E-state index contributed by atoms with van der Waals surface area (Å²) in [5.74, 6) is -0.982. The van der Waals surface area contributed by atoms with Crippen LogP contribution in [-0.2, 0) is 11.3 Å². The number of non-ortho nitro benzene ring substituents is 1. The molecule has 1 heterocycles. The maximum absolute atomic E-state index is 12.7. The van der Waals surface area contributed by atoms with E-state index in [1.165, 1.54) is 12.3 Å². The van der Waals surface area contributed by atoms with Gasteiger partial charge in [-0.1, -0.05) is 23.7 Å². The van der Waals surface area contributed by atoms with Crippen LogP contribution < -0.4 is 5.32 Å². The third kappa shape index (κ3) is 5.00. The van der Waals surface area contributed by atoms with E-state index in [1.54, 1.807) is 29.8 Å². The molecule has 154 valence electrons. The number of amides is 1. The summed E-state index contributed by atoms with van der Waals surface area (Å²) < 4.78 is 6.44.